The second kappa shape index (κ2) is 6.98. The highest BCUT2D eigenvalue weighted by Crippen LogP contribution is 2.40. The summed E-state index contributed by atoms with van der Waals surface area (Å²) < 4.78 is 11.8. The van der Waals surface area contributed by atoms with Crippen LogP contribution in [0.5, 0.6) is 11.5 Å². The van der Waals surface area contributed by atoms with Crippen molar-refractivity contribution in [1.82, 2.24) is 4.90 Å². The molecule has 4 rings (SSSR count). The second-order valence-electron chi connectivity index (χ2n) is 5.68. The quantitative estimate of drug-likeness (QED) is 0.706. The number of carbonyl (C=O) groups is 1. The highest BCUT2D eigenvalue weighted by atomic mass is 79.9. The molecule has 24 heavy (non-hydrogen) atoms. The van der Waals surface area contributed by atoms with Gasteiger partial charge in [-0.05, 0) is 46.1 Å². The van der Waals surface area contributed by atoms with Gasteiger partial charge in [-0.15, -0.1) is 11.3 Å². The summed E-state index contributed by atoms with van der Waals surface area (Å²) in [6.45, 7) is 1.87. The number of ether oxygens (including phenoxy) is 2. The molecule has 0 radical (unpaired) electrons. The average molecular weight is 426 g/mol. The molecule has 7 heteroatoms. The molecule has 0 spiro atoms. The molecule has 0 aliphatic carbocycles. The third-order valence-electron chi connectivity index (χ3n) is 4.18. The Labute approximate surface area is 157 Å². The molecule has 1 amide bonds. The molecule has 2 aliphatic heterocycles. The van der Waals surface area contributed by atoms with Crippen molar-refractivity contribution < 1.29 is 14.3 Å². The molecule has 2 aliphatic rings. The van der Waals surface area contributed by atoms with Gasteiger partial charge in [-0.2, -0.15) is 11.8 Å². The number of benzene rings is 1. The lowest BCUT2D eigenvalue weighted by Crippen LogP contribution is -2.32. The van der Waals surface area contributed by atoms with E-state index >= 15 is 0 Å². The van der Waals surface area contributed by atoms with Gasteiger partial charge in [0.1, 0.15) is 0 Å². The number of rotatable bonds is 2. The third-order valence-corrected chi connectivity index (χ3v) is 7.18. The minimum atomic E-state index is 0.137. The molecule has 1 unspecified atom stereocenters. The van der Waals surface area contributed by atoms with Crippen molar-refractivity contribution in [2.75, 3.05) is 25.6 Å². The van der Waals surface area contributed by atoms with Crippen molar-refractivity contribution in [3.63, 3.8) is 0 Å². The molecule has 0 bridgehead atoms. The van der Waals surface area contributed by atoms with Gasteiger partial charge in [0.2, 0.25) is 6.79 Å². The lowest BCUT2D eigenvalue weighted by atomic mass is 10.1. The van der Waals surface area contributed by atoms with E-state index < -0.39 is 0 Å². The Morgan fingerprint density at radius 2 is 2.08 bits per heavy atom. The lowest BCUT2D eigenvalue weighted by molar-refractivity contribution is 0.0771. The molecule has 1 fully saturated rings. The summed E-state index contributed by atoms with van der Waals surface area (Å²) >= 11 is 6.82. The fraction of sp³-hybridized carbons (Fsp3) is 0.353. The standard InChI is InChI=1S/C17H16BrNO3S2/c18-12-8-16(24-9-12)17(20)19-4-3-15(23-6-5-19)11-1-2-13-14(7-11)22-10-21-13/h1-2,7-9,15H,3-6,10H2. The van der Waals surface area contributed by atoms with E-state index in [1.54, 1.807) is 0 Å². The molecule has 1 aromatic heterocycles. The first kappa shape index (κ1) is 16.3. The summed E-state index contributed by atoms with van der Waals surface area (Å²) in [6, 6.07) is 8.07. The first-order chi connectivity index (χ1) is 11.7. The molecule has 126 valence electrons. The van der Waals surface area contributed by atoms with Gasteiger partial charge in [-0.1, -0.05) is 6.07 Å². The molecule has 2 aromatic rings. The smallest absolute Gasteiger partial charge is 0.263 e. The predicted octanol–water partition coefficient (Wildman–Crippen LogP) is 4.56. The lowest BCUT2D eigenvalue weighted by Gasteiger charge is -2.19. The van der Waals surface area contributed by atoms with E-state index in [0.29, 0.717) is 12.0 Å². The van der Waals surface area contributed by atoms with Crippen LogP contribution in [0.1, 0.15) is 26.9 Å². The van der Waals surface area contributed by atoms with Crippen molar-refractivity contribution in [1.29, 1.82) is 0 Å². The number of amides is 1. The summed E-state index contributed by atoms with van der Waals surface area (Å²) in [5.74, 6) is 2.72. The van der Waals surface area contributed by atoms with Crippen LogP contribution in [0.25, 0.3) is 0 Å². The fourth-order valence-electron chi connectivity index (χ4n) is 2.93. The zero-order valence-corrected chi connectivity index (χ0v) is 16.1. The van der Waals surface area contributed by atoms with Crippen LogP contribution < -0.4 is 9.47 Å². The Kier molecular flexibility index (Phi) is 4.74. The summed E-state index contributed by atoms with van der Waals surface area (Å²) in [4.78, 5) is 15.4. The highest BCUT2D eigenvalue weighted by Gasteiger charge is 2.25. The highest BCUT2D eigenvalue weighted by molar-refractivity contribution is 9.10. The summed E-state index contributed by atoms with van der Waals surface area (Å²) in [6.07, 6.45) is 0.947. The van der Waals surface area contributed by atoms with Gasteiger partial charge in [-0.3, -0.25) is 4.79 Å². The van der Waals surface area contributed by atoms with E-state index in [1.165, 1.54) is 16.9 Å². The first-order valence-electron chi connectivity index (χ1n) is 7.75. The largest absolute Gasteiger partial charge is 0.454 e. The van der Waals surface area contributed by atoms with E-state index in [4.69, 9.17) is 9.47 Å². The fourth-order valence-corrected chi connectivity index (χ4v) is 5.55. The molecule has 1 atom stereocenters. The third kappa shape index (κ3) is 3.30. The Balaban J connectivity index is 1.45. The number of thiophene rings is 1. The van der Waals surface area contributed by atoms with Gasteiger partial charge < -0.3 is 14.4 Å². The summed E-state index contributed by atoms with van der Waals surface area (Å²) in [5.41, 5.74) is 1.25. The summed E-state index contributed by atoms with van der Waals surface area (Å²) in [7, 11) is 0. The number of carbonyl (C=O) groups excluding carboxylic acids is 1. The van der Waals surface area contributed by atoms with Crippen LogP contribution in [0.15, 0.2) is 34.1 Å². The van der Waals surface area contributed by atoms with E-state index in [-0.39, 0.29) is 5.91 Å². The van der Waals surface area contributed by atoms with E-state index in [1.807, 2.05) is 34.2 Å². The van der Waals surface area contributed by atoms with E-state index in [9.17, 15) is 4.79 Å². The van der Waals surface area contributed by atoms with Gasteiger partial charge in [0.25, 0.3) is 5.91 Å². The monoisotopic (exact) mass is 425 g/mol. The van der Waals surface area contributed by atoms with Crippen molar-refractivity contribution in [2.24, 2.45) is 0 Å². The van der Waals surface area contributed by atoms with Gasteiger partial charge in [0, 0.05) is 33.9 Å². The van der Waals surface area contributed by atoms with Gasteiger partial charge in [-0.25, -0.2) is 0 Å². The van der Waals surface area contributed by atoms with Gasteiger partial charge in [0.05, 0.1) is 4.88 Å². The van der Waals surface area contributed by atoms with Gasteiger partial charge in [0.15, 0.2) is 11.5 Å². The molecule has 0 saturated carbocycles. The van der Waals surface area contributed by atoms with Crippen molar-refractivity contribution in [3.05, 3.63) is 44.6 Å². The Morgan fingerprint density at radius 1 is 1.21 bits per heavy atom. The Morgan fingerprint density at radius 3 is 2.92 bits per heavy atom. The van der Waals surface area contributed by atoms with Crippen LogP contribution in [0.3, 0.4) is 0 Å². The number of hydrogen-bond donors (Lipinski definition) is 0. The maximum absolute atomic E-state index is 12.6. The number of fused-ring (bicyclic) bond motifs is 1. The average Bonchev–Trinajstić information content (AvgIpc) is 3.16. The molecule has 1 aromatic carbocycles. The van der Waals surface area contributed by atoms with Crippen LogP contribution in [-0.4, -0.2) is 36.4 Å². The molecular formula is C17H16BrNO3S2. The molecular weight excluding hydrogens is 410 g/mol. The molecule has 0 N–H and O–H groups in total. The van der Waals surface area contributed by atoms with E-state index in [0.717, 1.165) is 46.1 Å². The van der Waals surface area contributed by atoms with E-state index in [2.05, 4.69) is 28.1 Å². The maximum atomic E-state index is 12.6. The molecule has 1 saturated heterocycles. The second-order valence-corrected chi connectivity index (χ2v) is 8.82. The van der Waals surface area contributed by atoms with Crippen LogP contribution in [0.4, 0.5) is 0 Å². The van der Waals surface area contributed by atoms with Crippen molar-refractivity contribution in [3.8, 4) is 11.5 Å². The number of hydrogen-bond acceptors (Lipinski definition) is 5. The van der Waals surface area contributed by atoms with Crippen LogP contribution >= 0.6 is 39.0 Å². The topological polar surface area (TPSA) is 38.8 Å². The Hall–Kier alpha value is -1.18. The molecule has 4 nitrogen and oxygen atoms in total. The van der Waals surface area contributed by atoms with Crippen LogP contribution in [0.2, 0.25) is 0 Å². The Bertz CT molecular complexity index is 764. The van der Waals surface area contributed by atoms with Gasteiger partial charge >= 0.3 is 0 Å². The van der Waals surface area contributed by atoms with Crippen molar-refractivity contribution >= 4 is 44.9 Å². The van der Waals surface area contributed by atoms with Crippen LogP contribution in [0, 0.1) is 0 Å². The predicted molar refractivity (Wildman–Crippen MR) is 100 cm³/mol. The zero-order chi connectivity index (χ0) is 16.5. The number of nitrogens with zero attached hydrogens (tertiary/aromatic N) is 1. The maximum Gasteiger partial charge on any atom is 0.263 e. The molecule has 3 heterocycles. The minimum absolute atomic E-state index is 0.137. The first-order valence-corrected chi connectivity index (χ1v) is 10.5. The number of thioether (sulfide) groups is 1. The zero-order valence-electron chi connectivity index (χ0n) is 12.9. The van der Waals surface area contributed by atoms with Crippen LogP contribution in [-0.2, 0) is 0 Å². The SMILES string of the molecule is O=C(c1cc(Br)cs1)N1CCSC(c2ccc3c(c2)OCO3)CC1. The minimum Gasteiger partial charge on any atom is -0.454 e. The normalized spacial score (nSPS) is 20.0. The van der Waals surface area contributed by atoms with Crippen molar-refractivity contribution in [2.45, 2.75) is 11.7 Å². The summed E-state index contributed by atoms with van der Waals surface area (Å²) in [5, 5.41) is 2.34. The number of halogens is 1.